The molecule has 5 N–H and O–H groups in total. The van der Waals surface area contributed by atoms with E-state index in [4.69, 9.17) is 5.73 Å². The summed E-state index contributed by atoms with van der Waals surface area (Å²) < 4.78 is 13.3. The Kier molecular flexibility index (Phi) is 7.12. The maximum Gasteiger partial charge on any atom is 0.235 e. The third-order valence-electron chi connectivity index (χ3n) is 9.01. The second kappa shape index (κ2) is 10.6. The molecule has 2 fully saturated rings. The second-order valence-corrected chi connectivity index (χ2v) is 12.6. The summed E-state index contributed by atoms with van der Waals surface area (Å²) in [5.41, 5.74) is 5.37. The minimum Gasteiger partial charge on any atom is -0.507 e. The van der Waals surface area contributed by atoms with Crippen LogP contribution in [0.3, 0.4) is 0 Å². The van der Waals surface area contributed by atoms with Crippen molar-refractivity contribution in [2.75, 3.05) is 24.3 Å². The van der Waals surface area contributed by atoms with Crippen LogP contribution >= 0.6 is 11.3 Å². The summed E-state index contributed by atoms with van der Waals surface area (Å²) in [5, 5.41) is 28.3. The van der Waals surface area contributed by atoms with E-state index in [1.807, 2.05) is 0 Å². The van der Waals surface area contributed by atoms with Gasteiger partial charge in [-0.1, -0.05) is 0 Å². The first-order chi connectivity index (χ1) is 20.8. The number of anilines is 2. The number of rotatable bonds is 6. The van der Waals surface area contributed by atoms with E-state index in [-0.39, 0.29) is 42.9 Å². The minimum absolute atomic E-state index is 0.0262. The van der Waals surface area contributed by atoms with E-state index in [1.54, 1.807) is 42.6 Å². The van der Waals surface area contributed by atoms with Gasteiger partial charge in [-0.3, -0.25) is 24.0 Å². The average Bonchev–Trinajstić information content (AvgIpc) is 3.43. The molecule has 228 valence electrons. The maximum atomic E-state index is 14.0. The van der Waals surface area contributed by atoms with Crippen molar-refractivity contribution in [3.05, 3.63) is 58.2 Å². The molecule has 3 aliphatic carbocycles. The zero-order valence-electron chi connectivity index (χ0n) is 23.8. The van der Waals surface area contributed by atoms with Gasteiger partial charge in [0.2, 0.25) is 5.91 Å². The number of nitrogens with two attached hydrogens (primary N) is 1. The normalized spacial score (nSPS) is 26.1. The maximum absolute atomic E-state index is 14.0. The van der Waals surface area contributed by atoms with Crippen LogP contribution in [0.25, 0.3) is 11.3 Å². The highest BCUT2D eigenvalue weighted by atomic mass is 32.1. The van der Waals surface area contributed by atoms with Crippen LogP contribution in [0.15, 0.2) is 35.7 Å². The van der Waals surface area contributed by atoms with Crippen LogP contribution in [0.1, 0.15) is 34.3 Å². The minimum atomic E-state index is -2.70. The van der Waals surface area contributed by atoms with Crippen LogP contribution in [-0.2, 0) is 32.1 Å². The number of thiazole rings is 1. The van der Waals surface area contributed by atoms with Crippen LogP contribution in [-0.4, -0.2) is 63.9 Å². The number of halogens is 1. The number of aromatic nitrogens is 1. The fraction of sp³-hybridized carbons (Fsp3) is 0.355. The van der Waals surface area contributed by atoms with Gasteiger partial charge in [-0.15, -0.1) is 11.3 Å². The van der Waals surface area contributed by atoms with Crippen LogP contribution in [0.2, 0.25) is 0 Å². The molecule has 1 aromatic heterocycles. The third kappa shape index (κ3) is 4.49. The van der Waals surface area contributed by atoms with Gasteiger partial charge in [-0.25, -0.2) is 9.37 Å². The Morgan fingerprint density at radius 1 is 1.16 bits per heavy atom. The summed E-state index contributed by atoms with van der Waals surface area (Å²) in [6, 6.07) is 7.66. The van der Waals surface area contributed by atoms with E-state index in [9.17, 15) is 38.6 Å². The summed E-state index contributed by atoms with van der Waals surface area (Å²) >= 11 is 1.31. The lowest BCUT2D eigenvalue weighted by atomic mass is 9.53. The zero-order valence-corrected chi connectivity index (χ0v) is 24.6. The van der Waals surface area contributed by atoms with Gasteiger partial charge in [0, 0.05) is 55.2 Å². The standard InChI is InChI=1S/C31H29FN4O7S/c1-36(2)20-9-15(11-34-30-35-19(12-44-30)13-3-5-17(32)6-4-13)25(38)23-18(20)8-14-7-16-10-21(37)24(29(33)42)28(41)31(16,43)27(40)22(14)26(23)39/h3-6,9,12,14,16,22,24,38,43H,7-8,10-11H2,1-2H3,(H2,33,42)(H,34,35)/t14-,16+,22?,24?,31+/m1/s1. The molecule has 0 radical (unpaired) electrons. The van der Waals surface area contributed by atoms with Crippen LogP contribution < -0.4 is 16.0 Å². The van der Waals surface area contributed by atoms with Crippen molar-refractivity contribution in [2.45, 2.75) is 31.4 Å². The number of hydrogen-bond donors (Lipinski definition) is 4. The highest BCUT2D eigenvalue weighted by Crippen LogP contribution is 2.51. The lowest BCUT2D eigenvalue weighted by Crippen LogP contribution is -2.68. The first kappa shape index (κ1) is 29.6. The molecule has 13 heteroatoms. The molecule has 44 heavy (non-hydrogen) atoms. The molecule has 2 unspecified atom stereocenters. The van der Waals surface area contributed by atoms with Crippen molar-refractivity contribution < 1.29 is 38.6 Å². The SMILES string of the molecule is CN(C)c1cc(CNc2nc(-c3ccc(F)cc3)cs2)c(O)c2c1C[C@H]1C[C@H]3CC(=O)C(C(N)=O)C(=O)[C@@]3(O)C(=O)C1C2=O. The number of nitrogens with one attached hydrogen (secondary N) is 1. The highest BCUT2D eigenvalue weighted by Gasteiger charge is 2.66. The van der Waals surface area contributed by atoms with Crippen molar-refractivity contribution in [1.82, 2.24) is 4.98 Å². The van der Waals surface area contributed by atoms with Gasteiger partial charge in [-0.2, -0.15) is 0 Å². The Hall–Kier alpha value is -4.49. The van der Waals surface area contributed by atoms with Crippen LogP contribution in [0, 0.1) is 29.5 Å². The Morgan fingerprint density at radius 2 is 1.86 bits per heavy atom. The Morgan fingerprint density at radius 3 is 2.52 bits per heavy atom. The summed E-state index contributed by atoms with van der Waals surface area (Å²) in [6.07, 6.45) is -0.172. The zero-order chi connectivity index (χ0) is 31.7. The van der Waals surface area contributed by atoms with Crippen LogP contribution in [0.4, 0.5) is 15.2 Å². The molecular weight excluding hydrogens is 591 g/mol. The van der Waals surface area contributed by atoms with E-state index in [0.29, 0.717) is 27.6 Å². The number of carbonyl (C=O) groups is 5. The number of phenolic OH excluding ortho intramolecular Hbond substituents is 1. The van der Waals surface area contributed by atoms with Gasteiger partial charge < -0.3 is 26.2 Å². The Labute approximate surface area is 254 Å². The molecule has 0 saturated heterocycles. The van der Waals surface area contributed by atoms with Gasteiger partial charge in [-0.05, 0) is 54.7 Å². The van der Waals surface area contributed by atoms with Gasteiger partial charge in [0.05, 0.1) is 17.2 Å². The monoisotopic (exact) mass is 620 g/mol. The van der Waals surface area contributed by atoms with E-state index >= 15 is 0 Å². The van der Waals surface area contributed by atoms with Gasteiger partial charge >= 0.3 is 0 Å². The first-order valence-corrected chi connectivity index (χ1v) is 14.9. The molecule has 1 amide bonds. The molecule has 0 bridgehead atoms. The van der Waals surface area contributed by atoms with Crippen molar-refractivity contribution in [1.29, 1.82) is 0 Å². The fourth-order valence-electron chi connectivity index (χ4n) is 6.88. The van der Waals surface area contributed by atoms with E-state index in [1.165, 1.54) is 23.5 Å². The van der Waals surface area contributed by atoms with E-state index in [2.05, 4.69) is 10.3 Å². The average molecular weight is 621 g/mol. The number of Topliss-reactive ketones (excluding diaryl/α,β-unsaturated/α-hetero) is 4. The smallest absolute Gasteiger partial charge is 0.235 e. The molecule has 2 saturated carbocycles. The molecule has 11 nitrogen and oxygen atoms in total. The number of primary amides is 1. The molecular formula is C31H29FN4O7S. The number of aliphatic hydroxyl groups is 1. The summed E-state index contributed by atoms with van der Waals surface area (Å²) in [6.45, 7) is 0.0680. The number of nitrogens with zero attached hydrogens (tertiary/aromatic N) is 2. The van der Waals surface area contributed by atoms with Gasteiger partial charge in [0.25, 0.3) is 0 Å². The number of aromatic hydroxyl groups is 1. The summed E-state index contributed by atoms with van der Waals surface area (Å²) in [4.78, 5) is 71.8. The number of amides is 1. The fourth-order valence-corrected chi connectivity index (χ4v) is 7.60. The Bertz CT molecular complexity index is 1750. The molecule has 5 atom stereocenters. The van der Waals surface area contributed by atoms with Gasteiger partial charge in [0.1, 0.15) is 11.6 Å². The molecule has 1 heterocycles. The number of fused-ring (bicyclic) bond motifs is 3. The van der Waals surface area contributed by atoms with Crippen molar-refractivity contribution >= 4 is 51.2 Å². The van der Waals surface area contributed by atoms with Crippen molar-refractivity contribution in [3.63, 3.8) is 0 Å². The third-order valence-corrected chi connectivity index (χ3v) is 9.81. The predicted octanol–water partition coefficient (Wildman–Crippen LogP) is 2.27. The summed E-state index contributed by atoms with van der Waals surface area (Å²) in [5.74, 6) is -10.9. The molecule has 2 aromatic carbocycles. The topological polar surface area (TPSA) is 180 Å². The molecule has 0 aliphatic heterocycles. The first-order valence-electron chi connectivity index (χ1n) is 14.0. The number of benzene rings is 2. The number of carbonyl (C=O) groups excluding carboxylic acids is 5. The quantitative estimate of drug-likeness (QED) is 0.299. The molecule has 0 spiro atoms. The molecule has 3 aromatic rings. The largest absolute Gasteiger partial charge is 0.507 e. The lowest BCUT2D eigenvalue weighted by Gasteiger charge is -2.48. The van der Waals surface area contributed by atoms with Crippen molar-refractivity contribution in [2.24, 2.45) is 29.4 Å². The van der Waals surface area contributed by atoms with Crippen molar-refractivity contribution in [3.8, 4) is 17.0 Å². The summed E-state index contributed by atoms with van der Waals surface area (Å²) in [7, 11) is 3.56. The lowest BCUT2D eigenvalue weighted by molar-refractivity contribution is -0.175. The predicted molar refractivity (Wildman–Crippen MR) is 158 cm³/mol. The molecule has 3 aliphatic rings. The van der Waals surface area contributed by atoms with Gasteiger partial charge in [0.15, 0.2) is 39.8 Å². The van der Waals surface area contributed by atoms with E-state index < -0.39 is 58.3 Å². The number of ketones is 4. The number of hydrogen-bond acceptors (Lipinski definition) is 11. The van der Waals surface area contributed by atoms with Crippen LogP contribution in [0.5, 0.6) is 5.75 Å². The molecule has 6 rings (SSSR count). The van der Waals surface area contributed by atoms with E-state index in [0.717, 1.165) is 5.56 Å². The Balaban J connectivity index is 1.33. The number of phenols is 1. The highest BCUT2D eigenvalue weighted by molar-refractivity contribution is 7.14. The second-order valence-electron chi connectivity index (χ2n) is 11.8.